The van der Waals surface area contributed by atoms with Crippen molar-refractivity contribution in [2.75, 3.05) is 13.2 Å². The summed E-state index contributed by atoms with van der Waals surface area (Å²) in [5, 5.41) is 5.59. The molecule has 0 radical (unpaired) electrons. The number of fused-ring (bicyclic) bond motifs is 1. The second-order valence-electron chi connectivity index (χ2n) is 5.36. The molecule has 0 aliphatic heterocycles. The van der Waals surface area contributed by atoms with Gasteiger partial charge in [0.15, 0.2) is 11.4 Å². The predicted molar refractivity (Wildman–Crippen MR) is 99.2 cm³/mol. The van der Waals surface area contributed by atoms with E-state index in [0.29, 0.717) is 26.6 Å². The summed E-state index contributed by atoms with van der Waals surface area (Å²) >= 11 is 12.0. The lowest BCUT2D eigenvalue weighted by Gasteiger charge is -2.11. The van der Waals surface area contributed by atoms with E-state index < -0.39 is 5.97 Å². The molecule has 2 aromatic carbocycles. The highest BCUT2D eigenvalue weighted by molar-refractivity contribution is 6.37. The van der Waals surface area contributed by atoms with E-state index in [1.165, 1.54) is 7.05 Å². The lowest BCUT2D eigenvalue weighted by molar-refractivity contribution is 0.0443. The van der Waals surface area contributed by atoms with Gasteiger partial charge in [-0.25, -0.2) is 9.48 Å². The summed E-state index contributed by atoms with van der Waals surface area (Å²) in [5.74, 6) is -0.316. The van der Waals surface area contributed by atoms with E-state index in [1.807, 2.05) is 0 Å². The number of para-hydroxylation sites is 1. The van der Waals surface area contributed by atoms with Crippen LogP contribution in [-0.4, -0.2) is 29.0 Å². The van der Waals surface area contributed by atoms with Crippen molar-refractivity contribution in [3.8, 4) is 5.75 Å². The van der Waals surface area contributed by atoms with Crippen molar-refractivity contribution < 1.29 is 14.3 Å². The van der Waals surface area contributed by atoms with Gasteiger partial charge in [-0.05, 0) is 18.2 Å². The summed E-state index contributed by atoms with van der Waals surface area (Å²) in [4.78, 5) is 24.4. The summed E-state index contributed by atoms with van der Waals surface area (Å²) in [7, 11) is 1.48. The molecule has 0 saturated heterocycles. The Bertz CT molecular complexity index is 1010. The number of halogens is 2. The van der Waals surface area contributed by atoms with Crippen molar-refractivity contribution in [1.29, 1.82) is 0 Å². The summed E-state index contributed by atoms with van der Waals surface area (Å²) in [6.07, 6.45) is 0. The first kappa shape index (κ1) is 18.2. The third kappa shape index (κ3) is 3.66. The van der Waals surface area contributed by atoms with Crippen LogP contribution in [0.1, 0.15) is 10.5 Å². The second kappa shape index (κ2) is 7.76. The van der Waals surface area contributed by atoms with Gasteiger partial charge in [0, 0.05) is 12.4 Å². The minimum Gasteiger partial charge on any atom is -0.487 e. The van der Waals surface area contributed by atoms with Gasteiger partial charge in [-0.1, -0.05) is 47.5 Å². The molecule has 1 heterocycles. The summed E-state index contributed by atoms with van der Waals surface area (Å²) in [6.45, 7) is 0.0398. The molecular formula is C18H14Cl2N2O4. The minimum atomic E-state index is -0.648. The maximum atomic E-state index is 12.4. The van der Waals surface area contributed by atoms with E-state index in [1.54, 1.807) is 42.5 Å². The highest BCUT2D eigenvalue weighted by atomic mass is 35.5. The molecule has 6 nitrogen and oxygen atoms in total. The van der Waals surface area contributed by atoms with Gasteiger partial charge in [-0.15, -0.1) is 0 Å². The van der Waals surface area contributed by atoms with Gasteiger partial charge in [0.25, 0.3) is 5.56 Å². The molecule has 3 aromatic rings. The summed E-state index contributed by atoms with van der Waals surface area (Å²) < 4.78 is 11.8. The fourth-order valence-corrected chi connectivity index (χ4v) is 2.92. The molecule has 26 heavy (non-hydrogen) atoms. The predicted octanol–water partition coefficient (Wildman–Crippen LogP) is 3.48. The Morgan fingerprint density at radius 3 is 2.38 bits per heavy atom. The lowest BCUT2D eigenvalue weighted by Crippen LogP contribution is -2.24. The monoisotopic (exact) mass is 392 g/mol. The molecular weight excluding hydrogens is 379 g/mol. The zero-order chi connectivity index (χ0) is 18.7. The van der Waals surface area contributed by atoms with E-state index in [2.05, 4.69) is 5.10 Å². The van der Waals surface area contributed by atoms with Crippen molar-refractivity contribution in [2.24, 2.45) is 7.05 Å². The number of benzene rings is 2. The van der Waals surface area contributed by atoms with Crippen LogP contribution in [0.2, 0.25) is 10.0 Å². The molecule has 0 fully saturated rings. The molecule has 0 atom stereocenters. The fraction of sp³-hybridized carbons (Fsp3) is 0.167. The smallest absolute Gasteiger partial charge is 0.359 e. The Hall–Kier alpha value is -2.57. The van der Waals surface area contributed by atoms with Crippen LogP contribution in [0.25, 0.3) is 10.8 Å². The highest BCUT2D eigenvalue weighted by Crippen LogP contribution is 2.32. The number of hydrogen-bond acceptors (Lipinski definition) is 5. The highest BCUT2D eigenvalue weighted by Gasteiger charge is 2.17. The average molecular weight is 393 g/mol. The maximum Gasteiger partial charge on any atom is 0.359 e. The van der Waals surface area contributed by atoms with Crippen LogP contribution in [0.3, 0.4) is 0 Å². The largest absolute Gasteiger partial charge is 0.487 e. The van der Waals surface area contributed by atoms with E-state index in [4.69, 9.17) is 32.7 Å². The first-order chi connectivity index (χ1) is 12.5. The molecule has 0 aliphatic carbocycles. The normalized spacial score (nSPS) is 10.7. The Labute approximate surface area is 158 Å². The Morgan fingerprint density at radius 1 is 1.04 bits per heavy atom. The van der Waals surface area contributed by atoms with E-state index in [-0.39, 0.29) is 24.5 Å². The molecule has 0 aliphatic rings. The van der Waals surface area contributed by atoms with Crippen molar-refractivity contribution in [3.63, 3.8) is 0 Å². The van der Waals surface area contributed by atoms with Crippen LogP contribution in [0.5, 0.6) is 5.75 Å². The van der Waals surface area contributed by atoms with E-state index in [9.17, 15) is 9.59 Å². The number of nitrogens with zero attached hydrogens (tertiary/aromatic N) is 2. The molecule has 0 bridgehead atoms. The third-order valence-electron chi connectivity index (χ3n) is 3.63. The SMILES string of the molecule is Cn1nc(C(=O)OCCOc2c(Cl)cccc2Cl)c2ccccc2c1=O. The van der Waals surface area contributed by atoms with Crippen LogP contribution >= 0.6 is 23.2 Å². The van der Waals surface area contributed by atoms with Gasteiger partial charge >= 0.3 is 5.97 Å². The fourth-order valence-electron chi connectivity index (χ4n) is 2.42. The first-order valence-electron chi connectivity index (χ1n) is 7.69. The standard InChI is InChI=1S/C18H14Cl2N2O4/c1-22-17(23)12-6-3-2-5-11(12)15(21-22)18(24)26-10-9-25-16-13(19)7-4-8-14(16)20/h2-8H,9-10H2,1H3. The average Bonchev–Trinajstić information content (AvgIpc) is 2.63. The van der Waals surface area contributed by atoms with Gasteiger partial charge in [-0.3, -0.25) is 4.79 Å². The van der Waals surface area contributed by atoms with Crippen molar-refractivity contribution in [3.05, 3.63) is 68.6 Å². The zero-order valence-corrected chi connectivity index (χ0v) is 15.3. The second-order valence-corrected chi connectivity index (χ2v) is 6.17. The van der Waals surface area contributed by atoms with Gasteiger partial charge in [0.1, 0.15) is 13.2 Å². The maximum absolute atomic E-state index is 12.4. The minimum absolute atomic E-state index is 0.0285. The number of esters is 1. The first-order valence-corrected chi connectivity index (χ1v) is 8.44. The van der Waals surface area contributed by atoms with Crippen LogP contribution in [0, 0.1) is 0 Å². The van der Waals surface area contributed by atoms with Gasteiger partial charge in [0.05, 0.1) is 15.4 Å². The molecule has 8 heteroatoms. The lowest BCUT2D eigenvalue weighted by atomic mass is 10.1. The molecule has 0 N–H and O–H groups in total. The quantitative estimate of drug-likeness (QED) is 0.490. The van der Waals surface area contributed by atoms with E-state index in [0.717, 1.165) is 4.68 Å². The van der Waals surface area contributed by atoms with Crippen molar-refractivity contribution >= 4 is 39.9 Å². The van der Waals surface area contributed by atoms with Gasteiger partial charge in [0.2, 0.25) is 0 Å². The number of hydrogen-bond donors (Lipinski definition) is 0. The van der Waals surface area contributed by atoms with Crippen LogP contribution in [-0.2, 0) is 11.8 Å². The van der Waals surface area contributed by atoms with Gasteiger partial charge < -0.3 is 9.47 Å². The number of carbonyl (C=O) groups is 1. The van der Waals surface area contributed by atoms with Crippen molar-refractivity contribution in [2.45, 2.75) is 0 Å². The molecule has 0 unspecified atom stereocenters. The Kier molecular flexibility index (Phi) is 5.44. The zero-order valence-electron chi connectivity index (χ0n) is 13.7. The van der Waals surface area contributed by atoms with Crippen LogP contribution in [0.15, 0.2) is 47.3 Å². The molecule has 134 valence electrons. The Morgan fingerprint density at radius 2 is 1.69 bits per heavy atom. The van der Waals surface area contributed by atoms with Crippen LogP contribution < -0.4 is 10.3 Å². The van der Waals surface area contributed by atoms with Gasteiger partial charge in [-0.2, -0.15) is 5.10 Å². The van der Waals surface area contributed by atoms with E-state index >= 15 is 0 Å². The number of carbonyl (C=O) groups excluding carboxylic acids is 1. The number of aryl methyl sites for hydroxylation is 1. The topological polar surface area (TPSA) is 70.4 Å². The summed E-state index contributed by atoms with van der Waals surface area (Å²) in [6, 6.07) is 11.7. The Balaban J connectivity index is 1.71. The number of ether oxygens (including phenoxy) is 2. The molecule has 3 rings (SSSR count). The summed E-state index contributed by atoms with van der Waals surface area (Å²) in [5.41, 5.74) is -0.215. The molecule has 1 aromatic heterocycles. The molecule has 0 spiro atoms. The molecule has 0 saturated carbocycles. The van der Waals surface area contributed by atoms with Crippen LogP contribution in [0.4, 0.5) is 0 Å². The van der Waals surface area contributed by atoms with Crippen molar-refractivity contribution in [1.82, 2.24) is 9.78 Å². The number of rotatable bonds is 5. The number of aromatic nitrogens is 2. The third-order valence-corrected chi connectivity index (χ3v) is 4.23. The molecule has 0 amide bonds.